The molecule has 0 radical (unpaired) electrons. The molecule has 1 aromatic carbocycles. The Balaban J connectivity index is 2.25. The molecule has 1 aromatic rings. The summed E-state index contributed by atoms with van der Waals surface area (Å²) in [5, 5.41) is 3.40. The van der Waals surface area contributed by atoms with E-state index >= 15 is 0 Å². The summed E-state index contributed by atoms with van der Waals surface area (Å²) < 4.78 is 5.00. The second-order valence-corrected chi connectivity index (χ2v) is 4.50. The summed E-state index contributed by atoms with van der Waals surface area (Å²) in [4.78, 5) is 0. The first-order chi connectivity index (χ1) is 7.72. The van der Waals surface area contributed by atoms with Crippen molar-refractivity contribution in [1.29, 1.82) is 0 Å². The van der Waals surface area contributed by atoms with Crippen molar-refractivity contribution in [3.05, 3.63) is 35.4 Å². The quantitative estimate of drug-likeness (QED) is 0.714. The first kappa shape index (κ1) is 13.2. The van der Waals surface area contributed by atoms with Crippen LogP contribution in [0.5, 0.6) is 0 Å². The third-order valence-corrected chi connectivity index (χ3v) is 2.64. The van der Waals surface area contributed by atoms with Gasteiger partial charge in [-0.2, -0.15) is 0 Å². The number of aryl methyl sites for hydroxylation is 1. The normalized spacial score (nSPS) is 12.7. The summed E-state index contributed by atoms with van der Waals surface area (Å²) in [6, 6.07) is 8.76. The van der Waals surface area contributed by atoms with Gasteiger partial charge in [-0.05, 0) is 31.4 Å². The van der Waals surface area contributed by atoms with E-state index in [2.05, 4.69) is 43.4 Å². The molecule has 0 saturated carbocycles. The summed E-state index contributed by atoms with van der Waals surface area (Å²) >= 11 is 0. The van der Waals surface area contributed by atoms with Gasteiger partial charge in [-0.1, -0.05) is 36.8 Å². The van der Waals surface area contributed by atoms with Gasteiger partial charge in [0.2, 0.25) is 0 Å². The van der Waals surface area contributed by atoms with E-state index in [0.29, 0.717) is 5.92 Å². The molecule has 1 unspecified atom stereocenters. The van der Waals surface area contributed by atoms with Gasteiger partial charge in [-0.3, -0.25) is 0 Å². The summed E-state index contributed by atoms with van der Waals surface area (Å²) in [6.45, 7) is 7.20. The maximum atomic E-state index is 5.00. The number of methoxy groups -OCH3 is 1. The van der Waals surface area contributed by atoms with Crippen LogP contribution in [-0.4, -0.2) is 26.8 Å². The summed E-state index contributed by atoms with van der Waals surface area (Å²) in [7, 11) is 1.73. The largest absolute Gasteiger partial charge is 0.383 e. The Kier molecular flexibility index (Phi) is 6.12. The Morgan fingerprint density at radius 2 is 2.19 bits per heavy atom. The number of hydrogen-bond donors (Lipinski definition) is 1. The van der Waals surface area contributed by atoms with Gasteiger partial charge in [-0.15, -0.1) is 0 Å². The number of nitrogens with one attached hydrogen (secondary N) is 1. The highest BCUT2D eigenvalue weighted by molar-refractivity contribution is 5.22. The predicted octanol–water partition coefficient (Wildman–Crippen LogP) is 2.41. The average Bonchev–Trinajstić information content (AvgIpc) is 2.24. The van der Waals surface area contributed by atoms with Crippen LogP contribution in [0, 0.1) is 12.8 Å². The summed E-state index contributed by atoms with van der Waals surface area (Å²) in [5.74, 6) is 0.665. The molecular formula is C14H23NO. The van der Waals surface area contributed by atoms with Crippen LogP contribution in [-0.2, 0) is 11.2 Å². The lowest BCUT2D eigenvalue weighted by Crippen LogP contribution is -2.25. The highest BCUT2D eigenvalue weighted by Crippen LogP contribution is 2.09. The molecule has 2 nitrogen and oxygen atoms in total. The van der Waals surface area contributed by atoms with E-state index in [1.807, 2.05) is 0 Å². The zero-order valence-corrected chi connectivity index (χ0v) is 10.6. The molecule has 1 N–H and O–H groups in total. The van der Waals surface area contributed by atoms with Crippen molar-refractivity contribution >= 4 is 0 Å². The lowest BCUT2D eigenvalue weighted by molar-refractivity contribution is 0.198. The predicted molar refractivity (Wildman–Crippen MR) is 68.8 cm³/mol. The number of benzene rings is 1. The van der Waals surface area contributed by atoms with Crippen LogP contribution >= 0.6 is 0 Å². The molecular weight excluding hydrogens is 198 g/mol. The molecule has 0 aliphatic carbocycles. The summed E-state index contributed by atoms with van der Waals surface area (Å²) in [5.41, 5.74) is 2.78. The molecule has 0 amide bonds. The van der Waals surface area contributed by atoms with Gasteiger partial charge >= 0.3 is 0 Å². The third kappa shape index (κ3) is 5.29. The van der Waals surface area contributed by atoms with Crippen LogP contribution in [0.4, 0.5) is 0 Å². The monoisotopic (exact) mass is 221 g/mol. The Morgan fingerprint density at radius 1 is 1.38 bits per heavy atom. The van der Waals surface area contributed by atoms with Crippen LogP contribution in [0.3, 0.4) is 0 Å². The Bertz CT molecular complexity index is 299. The van der Waals surface area contributed by atoms with Gasteiger partial charge in [0.25, 0.3) is 0 Å². The van der Waals surface area contributed by atoms with Crippen molar-refractivity contribution in [3.8, 4) is 0 Å². The molecule has 0 saturated heterocycles. The number of ether oxygens (including phenoxy) is 1. The van der Waals surface area contributed by atoms with Crippen molar-refractivity contribution < 1.29 is 4.74 Å². The van der Waals surface area contributed by atoms with E-state index < -0.39 is 0 Å². The molecule has 0 fully saturated rings. The Morgan fingerprint density at radius 3 is 2.88 bits per heavy atom. The van der Waals surface area contributed by atoms with Gasteiger partial charge in [0.1, 0.15) is 0 Å². The SMILES string of the molecule is COCCNCC(C)Cc1cccc(C)c1. The molecule has 0 bridgehead atoms. The van der Waals surface area contributed by atoms with Crippen molar-refractivity contribution in [1.82, 2.24) is 5.32 Å². The van der Waals surface area contributed by atoms with Crippen molar-refractivity contribution in [2.24, 2.45) is 5.92 Å². The summed E-state index contributed by atoms with van der Waals surface area (Å²) in [6.07, 6.45) is 1.14. The third-order valence-electron chi connectivity index (χ3n) is 2.64. The molecule has 1 atom stereocenters. The molecule has 0 heterocycles. The van der Waals surface area contributed by atoms with Crippen LogP contribution < -0.4 is 5.32 Å². The Labute approximate surface area is 99.0 Å². The van der Waals surface area contributed by atoms with E-state index in [4.69, 9.17) is 4.74 Å². The van der Waals surface area contributed by atoms with Crippen molar-refractivity contribution in [2.45, 2.75) is 20.3 Å². The van der Waals surface area contributed by atoms with E-state index in [9.17, 15) is 0 Å². The van der Waals surface area contributed by atoms with Crippen molar-refractivity contribution in [3.63, 3.8) is 0 Å². The average molecular weight is 221 g/mol. The first-order valence-electron chi connectivity index (χ1n) is 5.97. The fourth-order valence-electron chi connectivity index (χ4n) is 1.84. The van der Waals surface area contributed by atoms with Gasteiger partial charge in [0.15, 0.2) is 0 Å². The zero-order valence-electron chi connectivity index (χ0n) is 10.6. The van der Waals surface area contributed by atoms with Gasteiger partial charge < -0.3 is 10.1 Å². The lowest BCUT2D eigenvalue weighted by atomic mass is 10.00. The molecule has 1 rings (SSSR count). The van der Waals surface area contributed by atoms with E-state index in [1.54, 1.807) is 7.11 Å². The second-order valence-electron chi connectivity index (χ2n) is 4.50. The highest BCUT2D eigenvalue weighted by atomic mass is 16.5. The van der Waals surface area contributed by atoms with E-state index in [1.165, 1.54) is 11.1 Å². The molecule has 0 aliphatic heterocycles. The molecule has 0 spiro atoms. The van der Waals surface area contributed by atoms with Crippen LogP contribution in [0.25, 0.3) is 0 Å². The fourth-order valence-corrected chi connectivity index (χ4v) is 1.84. The van der Waals surface area contributed by atoms with Crippen LogP contribution in [0.1, 0.15) is 18.1 Å². The molecule has 0 aliphatic rings. The molecule has 16 heavy (non-hydrogen) atoms. The van der Waals surface area contributed by atoms with Gasteiger partial charge in [0, 0.05) is 13.7 Å². The molecule has 0 aromatic heterocycles. The van der Waals surface area contributed by atoms with Gasteiger partial charge in [-0.25, -0.2) is 0 Å². The fraction of sp³-hybridized carbons (Fsp3) is 0.571. The maximum absolute atomic E-state index is 5.00. The standard InChI is InChI=1S/C14H23NO/c1-12-5-4-6-14(9-12)10-13(2)11-15-7-8-16-3/h4-6,9,13,15H,7-8,10-11H2,1-3H3. The minimum Gasteiger partial charge on any atom is -0.383 e. The minimum atomic E-state index is 0.665. The van der Waals surface area contributed by atoms with Crippen molar-refractivity contribution in [2.75, 3.05) is 26.8 Å². The Hall–Kier alpha value is -0.860. The number of rotatable bonds is 7. The van der Waals surface area contributed by atoms with E-state index in [-0.39, 0.29) is 0 Å². The number of hydrogen-bond acceptors (Lipinski definition) is 2. The highest BCUT2D eigenvalue weighted by Gasteiger charge is 2.03. The van der Waals surface area contributed by atoms with Gasteiger partial charge in [0.05, 0.1) is 6.61 Å². The van der Waals surface area contributed by atoms with Crippen LogP contribution in [0.15, 0.2) is 24.3 Å². The minimum absolute atomic E-state index is 0.665. The zero-order chi connectivity index (χ0) is 11.8. The maximum Gasteiger partial charge on any atom is 0.0587 e. The van der Waals surface area contributed by atoms with Crippen LogP contribution in [0.2, 0.25) is 0 Å². The molecule has 90 valence electrons. The second kappa shape index (κ2) is 7.42. The smallest absolute Gasteiger partial charge is 0.0587 e. The molecule has 2 heteroatoms. The van der Waals surface area contributed by atoms with E-state index in [0.717, 1.165) is 26.1 Å². The lowest BCUT2D eigenvalue weighted by Gasteiger charge is -2.12. The first-order valence-corrected chi connectivity index (χ1v) is 5.97. The topological polar surface area (TPSA) is 21.3 Å².